The average molecular weight is 289 g/mol. The highest BCUT2D eigenvalue weighted by atomic mass is 35.5. The van der Waals surface area contributed by atoms with Crippen LogP contribution >= 0.6 is 11.6 Å². The Morgan fingerprint density at radius 2 is 2.25 bits per heavy atom. The summed E-state index contributed by atoms with van der Waals surface area (Å²) in [6, 6.07) is 6.62. The zero-order valence-corrected chi connectivity index (χ0v) is 11.0. The van der Waals surface area contributed by atoms with Crippen molar-refractivity contribution in [1.29, 1.82) is 0 Å². The van der Waals surface area contributed by atoms with E-state index in [1.54, 1.807) is 18.2 Å². The third kappa shape index (κ3) is 2.31. The van der Waals surface area contributed by atoms with Crippen LogP contribution in [0.5, 0.6) is 11.5 Å². The molecular formula is C14H9ClN2O3. The van der Waals surface area contributed by atoms with Gasteiger partial charge in [-0.1, -0.05) is 17.7 Å². The highest BCUT2D eigenvalue weighted by Crippen LogP contribution is 2.36. The fourth-order valence-electron chi connectivity index (χ4n) is 1.82. The van der Waals surface area contributed by atoms with Gasteiger partial charge in [0, 0.05) is 12.3 Å². The van der Waals surface area contributed by atoms with Crippen molar-refractivity contribution in [1.82, 2.24) is 4.98 Å². The fraction of sp³-hybridized carbons (Fsp3) is 0. The van der Waals surface area contributed by atoms with Crippen LogP contribution in [0.4, 0.5) is 5.69 Å². The number of ether oxygens (including phenoxy) is 2. The number of halogens is 1. The predicted octanol–water partition coefficient (Wildman–Crippen LogP) is 3.23. The summed E-state index contributed by atoms with van der Waals surface area (Å²) in [6.07, 6.45) is 2.86. The standard InChI is InChI=1S/C14H9ClN2O3/c1-8-17-12-4-2-3-11(13(12)19-8)14(18)20-10-5-9(15)6-16-7-10/h2-7,17H,1H2. The van der Waals surface area contributed by atoms with Crippen LogP contribution in [0, 0.1) is 0 Å². The molecule has 1 aromatic carbocycles. The molecule has 5 nitrogen and oxygen atoms in total. The summed E-state index contributed by atoms with van der Waals surface area (Å²) in [5.74, 6) is 0.481. The number of hydrogen-bond donors (Lipinski definition) is 1. The summed E-state index contributed by atoms with van der Waals surface area (Å²) in [5, 5.41) is 3.30. The Kier molecular flexibility index (Phi) is 3.04. The lowest BCUT2D eigenvalue weighted by atomic mass is 10.2. The Labute approximate surface area is 119 Å². The molecular weight excluding hydrogens is 280 g/mol. The lowest BCUT2D eigenvalue weighted by Crippen LogP contribution is -2.09. The molecule has 2 aromatic rings. The van der Waals surface area contributed by atoms with E-state index in [0.717, 1.165) is 0 Å². The van der Waals surface area contributed by atoms with E-state index in [0.29, 0.717) is 27.9 Å². The molecule has 0 amide bonds. The third-order valence-electron chi connectivity index (χ3n) is 2.62. The summed E-state index contributed by atoms with van der Waals surface area (Å²) >= 11 is 5.79. The van der Waals surface area contributed by atoms with Gasteiger partial charge in [-0.3, -0.25) is 4.98 Å². The summed E-state index contributed by atoms with van der Waals surface area (Å²) < 4.78 is 10.6. The summed E-state index contributed by atoms with van der Waals surface area (Å²) in [6.45, 7) is 3.65. The maximum absolute atomic E-state index is 12.2. The van der Waals surface area contributed by atoms with E-state index in [1.807, 2.05) is 0 Å². The van der Waals surface area contributed by atoms with Gasteiger partial charge >= 0.3 is 5.97 Å². The van der Waals surface area contributed by atoms with E-state index in [1.165, 1.54) is 18.5 Å². The van der Waals surface area contributed by atoms with Crippen molar-refractivity contribution in [3.05, 3.63) is 59.7 Å². The van der Waals surface area contributed by atoms with Gasteiger partial charge < -0.3 is 14.8 Å². The van der Waals surface area contributed by atoms with Gasteiger partial charge in [-0.2, -0.15) is 0 Å². The number of benzene rings is 1. The van der Waals surface area contributed by atoms with Crippen LogP contribution in [0.2, 0.25) is 5.02 Å². The number of hydrogen-bond acceptors (Lipinski definition) is 5. The van der Waals surface area contributed by atoms with Gasteiger partial charge in [-0.15, -0.1) is 0 Å². The number of pyridine rings is 1. The van der Waals surface area contributed by atoms with Crippen molar-refractivity contribution in [3.63, 3.8) is 0 Å². The first-order valence-corrected chi connectivity index (χ1v) is 6.11. The number of esters is 1. The molecule has 1 aromatic heterocycles. The number of aromatic nitrogens is 1. The molecule has 0 radical (unpaired) electrons. The second-order valence-corrected chi connectivity index (χ2v) is 4.50. The van der Waals surface area contributed by atoms with Crippen molar-refractivity contribution >= 4 is 23.3 Å². The number of rotatable bonds is 2. The first kappa shape index (κ1) is 12.5. The molecule has 0 spiro atoms. The van der Waals surface area contributed by atoms with E-state index >= 15 is 0 Å². The van der Waals surface area contributed by atoms with E-state index < -0.39 is 5.97 Å². The molecule has 1 N–H and O–H groups in total. The second-order valence-electron chi connectivity index (χ2n) is 4.06. The van der Waals surface area contributed by atoms with Crippen LogP contribution in [0.25, 0.3) is 0 Å². The minimum absolute atomic E-state index is 0.268. The number of carbonyl (C=O) groups excluding carboxylic acids is 1. The van der Waals surface area contributed by atoms with Crippen LogP contribution in [0.15, 0.2) is 49.1 Å². The maximum Gasteiger partial charge on any atom is 0.347 e. The molecule has 0 bridgehead atoms. The lowest BCUT2D eigenvalue weighted by Gasteiger charge is -2.06. The summed E-state index contributed by atoms with van der Waals surface area (Å²) in [7, 11) is 0. The summed E-state index contributed by atoms with van der Waals surface area (Å²) in [5.41, 5.74) is 0.974. The molecule has 0 aliphatic carbocycles. The molecule has 1 aliphatic heterocycles. The van der Waals surface area contributed by atoms with Gasteiger partial charge in [0.2, 0.25) is 0 Å². The lowest BCUT2D eigenvalue weighted by molar-refractivity contribution is 0.0731. The fourth-order valence-corrected chi connectivity index (χ4v) is 1.98. The summed E-state index contributed by atoms with van der Waals surface area (Å²) in [4.78, 5) is 16.0. The minimum atomic E-state index is -0.553. The number of para-hydroxylation sites is 1. The Hall–Kier alpha value is -2.53. The number of fused-ring (bicyclic) bond motifs is 1. The van der Waals surface area contributed by atoms with Crippen LogP contribution < -0.4 is 14.8 Å². The number of anilines is 1. The van der Waals surface area contributed by atoms with Crippen LogP contribution in [0.3, 0.4) is 0 Å². The molecule has 0 saturated heterocycles. The highest BCUT2D eigenvalue weighted by Gasteiger charge is 2.23. The molecule has 0 fully saturated rings. The minimum Gasteiger partial charge on any atom is -0.439 e. The SMILES string of the molecule is C=C1Nc2cccc(C(=O)Oc3cncc(Cl)c3)c2O1. The van der Waals surface area contributed by atoms with Crippen molar-refractivity contribution in [2.75, 3.05) is 5.32 Å². The van der Waals surface area contributed by atoms with E-state index in [4.69, 9.17) is 21.1 Å². The predicted molar refractivity (Wildman–Crippen MR) is 74.0 cm³/mol. The monoisotopic (exact) mass is 288 g/mol. The van der Waals surface area contributed by atoms with E-state index in [2.05, 4.69) is 16.9 Å². The highest BCUT2D eigenvalue weighted by molar-refractivity contribution is 6.30. The van der Waals surface area contributed by atoms with Crippen molar-refractivity contribution in [2.45, 2.75) is 0 Å². The van der Waals surface area contributed by atoms with Crippen molar-refractivity contribution in [2.24, 2.45) is 0 Å². The van der Waals surface area contributed by atoms with Crippen molar-refractivity contribution in [3.8, 4) is 11.5 Å². The third-order valence-corrected chi connectivity index (χ3v) is 2.83. The van der Waals surface area contributed by atoms with Gasteiger partial charge in [-0.25, -0.2) is 4.79 Å². The van der Waals surface area contributed by atoms with Gasteiger partial charge in [0.15, 0.2) is 17.4 Å². The van der Waals surface area contributed by atoms with Gasteiger partial charge in [0.05, 0.1) is 16.9 Å². The quantitative estimate of drug-likeness (QED) is 0.860. The normalized spacial score (nSPS) is 12.3. The molecule has 2 heterocycles. The molecule has 20 heavy (non-hydrogen) atoms. The number of nitrogens with one attached hydrogen (secondary N) is 1. The molecule has 1 aliphatic rings. The van der Waals surface area contributed by atoms with E-state index in [-0.39, 0.29) is 5.75 Å². The van der Waals surface area contributed by atoms with Gasteiger partial charge in [-0.05, 0) is 18.7 Å². The molecule has 0 atom stereocenters. The van der Waals surface area contributed by atoms with Crippen molar-refractivity contribution < 1.29 is 14.3 Å². The Morgan fingerprint density at radius 3 is 3.05 bits per heavy atom. The first-order valence-electron chi connectivity index (χ1n) is 5.73. The van der Waals surface area contributed by atoms with Crippen LogP contribution in [-0.2, 0) is 0 Å². The second kappa shape index (κ2) is 4.86. The number of nitrogens with zero attached hydrogens (tertiary/aromatic N) is 1. The molecule has 3 rings (SSSR count). The molecule has 0 unspecified atom stereocenters. The maximum atomic E-state index is 12.2. The van der Waals surface area contributed by atoms with Crippen LogP contribution in [-0.4, -0.2) is 11.0 Å². The van der Waals surface area contributed by atoms with E-state index in [9.17, 15) is 4.79 Å². The van der Waals surface area contributed by atoms with Gasteiger partial charge in [0.1, 0.15) is 5.56 Å². The Bertz CT molecular complexity index is 715. The van der Waals surface area contributed by atoms with Gasteiger partial charge in [0.25, 0.3) is 0 Å². The largest absolute Gasteiger partial charge is 0.439 e. The molecule has 0 saturated carbocycles. The Morgan fingerprint density at radius 1 is 1.40 bits per heavy atom. The van der Waals surface area contributed by atoms with Crippen LogP contribution in [0.1, 0.15) is 10.4 Å². The molecule has 6 heteroatoms. The average Bonchev–Trinajstić information content (AvgIpc) is 2.78. The smallest absolute Gasteiger partial charge is 0.347 e. The number of carbonyl (C=O) groups is 1. The topological polar surface area (TPSA) is 60.5 Å². The zero-order chi connectivity index (χ0) is 14.1. The zero-order valence-electron chi connectivity index (χ0n) is 10.2. The first-order chi connectivity index (χ1) is 9.63. The molecule has 100 valence electrons. The Balaban J connectivity index is 1.89.